The molecule has 27 heavy (non-hydrogen) atoms. The summed E-state index contributed by atoms with van der Waals surface area (Å²) in [6.45, 7) is 3.18. The minimum Gasteiger partial charge on any atom is -0.393 e. The Balaban J connectivity index is 1.98. The van der Waals surface area contributed by atoms with Crippen molar-refractivity contribution in [2.75, 3.05) is 0 Å². The van der Waals surface area contributed by atoms with Gasteiger partial charge in [0.2, 0.25) is 5.91 Å². The number of hydrogen-bond acceptors (Lipinski definition) is 4. The number of nitrogens with one attached hydrogen (secondary N) is 1. The Morgan fingerprint density at radius 3 is 2.56 bits per heavy atom. The summed E-state index contributed by atoms with van der Waals surface area (Å²) >= 11 is 0. The van der Waals surface area contributed by atoms with Crippen molar-refractivity contribution in [3.63, 3.8) is 0 Å². The van der Waals surface area contributed by atoms with Crippen molar-refractivity contribution in [1.82, 2.24) is 15.1 Å². The van der Waals surface area contributed by atoms with Crippen LogP contribution in [0.3, 0.4) is 0 Å². The van der Waals surface area contributed by atoms with E-state index in [0.29, 0.717) is 18.5 Å². The molecule has 6 nitrogen and oxygen atoms in total. The number of fused-ring (bicyclic) bond motifs is 1. The van der Waals surface area contributed by atoms with E-state index in [0.717, 1.165) is 22.9 Å². The molecule has 3 rings (SSSR count). The number of carbonyl (C=O) groups is 1. The number of rotatable bonds is 4. The van der Waals surface area contributed by atoms with E-state index < -0.39 is 29.3 Å². The van der Waals surface area contributed by atoms with Gasteiger partial charge in [0, 0.05) is 11.4 Å². The summed E-state index contributed by atoms with van der Waals surface area (Å²) in [6, 6.07) is 2.78. The molecule has 0 atom stereocenters. The maximum atomic E-state index is 13.0. The van der Waals surface area contributed by atoms with Gasteiger partial charge in [0.25, 0.3) is 5.56 Å². The van der Waals surface area contributed by atoms with Gasteiger partial charge in [-0.15, -0.1) is 0 Å². The first-order valence-electron chi connectivity index (χ1n) is 8.65. The third-order valence-electron chi connectivity index (χ3n) is 4.63. The van der Waals surface area contributed by atoms with Gasteiger partial charge in [0.05, 0.1) is 22.7 Å². The van der Waals surface area contributed by atoms with Crippen LogP contribution >= 0.6 is 0 Å². The van der Waals surface area contributed by atoms with Crippen LogP contribution in [0.5, 0.6) is 0 Å². The summed E-state index contributed by atoms with van der Waals surface area (Å²) in [6.07, 6.45) is -4.02. The average Bonchev–Trinajstić information content (AvgIpc) is 2.54. The van der Waals surface area contributed by atoms with Gasteiger partial charge in [-0.05, 0) is 37.0 Å². The third-order valence-corrected chi connectivity index (χ3v) is 4.63. The molecular formula is C18H20F3N3O3. The van der Waals surface area contributed by atoms with Crippen molar-refractivity contribution in [2.45, 2.75) is 57.5 Å². The highest BCUT2D eigenvalue weighted by molar-refractivity contribution is 5.85. The number of amides is 1. The molecule has 9 heteroatoms. The van der Waals surface area contributed by atoms with Gasteiger partial charge in [-0.2, -0.15) is 18.3 Å². The molecule has 0 aliphatic heterocycles. The zero-order valence-electron chi connectivity index (χ0n) is 14.9. The molecule has 1 saturated carbocycles. The van der Waals surface area contributed by atoms with Crippen molar-refractivity contribution in [1.29, 1.82) is 0 Å². The van der Waals surface area contributed by atoms with E-state index in [1.54, 1.807) is 13.8 Å². The zero-order chi connectivity index (χ0) is 19.9. The Morgan fingerprint density at radius 1 is 1.33 bits per heavy atom. The van der Waals surface area contributed by atoms with Crippen molar-refractivity contribution in [3.05, 3.63) is 39.8 Å². The highest BCUT2D eigenvalue weighted by atomic mass is 19.4. The monoisotopic (exact) mass is 383 g/mol. The molecule has 0 unspecified atom stereocenters. The van der Waals surface area contributed by atoms with Crippen LogP contribution in [0.15, 0.2) is 23.0 Å². The zero-order valence-corrected chi connectivity index (χ0v) is 14.9. The summed E-state index contributed by atoms with van der Waals surface area (Å²) in [5.74, 6) is -0.671. The van der Waals surface area contributed by atoms with Crippen LogP contribution in [-0.4, -0.2) is 32.9 Å². The molecule has 146 valence electrons. The van der Waals surface area contributed by atoms with Crippen LogP contribution < -0.4 is 10.9 Å². The number of hydrogen-bond donors (Lipinski definition) is 2. The summed E-state index contributed by atoms with van der Waals surface area (Å²) in [7, 11) is 0. The van der Waals surface area contributed by atoms with Crippen LogP contribution in [0.1, 0.15) is 43.9 Å². The first kappa shape index (κ1) is 19.3. The lowest BCUT2D eigenvalue weighted by Crippen LogP contribution is -2.48. The molecule has 2 N–H and O–H groups in total. The van der Waals surface area contributed by atoms with Crippen LogP contribution in [0.4, 0.5) is 13.2 Å². The smallest absolute Gasteiger partial charge is 0.393 e. The van der Waals surface area contributed by atoms with Gasteiger partial charge in [0.15, 0.2) is 0 Å². The summed E-state index contributed by atoms with van der Waals surface area (Å²) in [5.41, 5.74) is -1.15. The van der Waals surface area contributed by atoms with Gasteiger partial charge < -0.3 is 10.4 Å². The quantitative estimate of drug-likeness (QED) is 0.848. The largest absolute Gasteiger partial charge is 0.416 e. The first-order valence-corrected chi connectivity index (χ1v) is 8.65. The Bertz CT molecular complexity index is 931. The second kappa shape index (κ2) is 6.95. The fourth-order valence-corrected chi connectivity index (χ4v) is 3.14. The standard InChI is InChI=1S/C18H20F3N3O3/c1-9(2)16-14-5-10(18(19,20)21)3-4-13(14)17(27)24(23-16)8-15(26)22-11-6-12(25)7-11/h3-5,9,11-12,25H,6-8H2,1-2H3,(H,22,26)/t11-,12+. The average molecular weight is 383 g/mol. The van der Waals surface area contributed by atoms with Crippen LogP contribution in [0.25, 0.3) is 10.8 Å². The minimum atomic E-state index is -4.52. The molecule has 1 fully saturated rings. The van der Waals surface area contributed by atoms with Gasteiger partial charge in [0.1, 0.15) is 6.54 Å². The molecular weight excluding hydrogens is 363 g/mol. The molecule has 0 spiro atoms. The number of halogens is 3. The molecule has 0 saturated heterocycles. The Hall–Kier alpha value is -2.42. The number of nitrogens with zero attached hydrogens (tertiary/aromatic N) is 2. The second-order valence-electron chi connectivity index (χ2n) is 7.15. The van der Waals surface area contributed by atoms with Crippen LogP contribution in [0, 0.1) is 0 Å². The van der Waals surface area contributed by atoms with Crippen molar-refractivity contribution in [2.24, 2.45) is 0 Å². The van der Waals surface area contributed by atoms with Gasteiger partial charge in [-0.1, -0.05) is 13.8 Å². The maximum Gasteiger partial charge on any atom is 0.416 e. The lowest BCUT2D eigenvalue weighted by Gasteiger charge is -2.31. The predicted molar refractivity (Wildman–Crippen MR) is 92.3 cm³/mol. The molecule has 1 aromatic carbocycles. The molecule has 2 aromatic rings. The van der Waals surface area contributed by atoms with E-state index in [1.165, 1.54) is 0 Å². The molecule has 1 heterocycles. The van der Waals surface area contributed by atoms with Crippen LogP contribution in [0.2, 0.25) is 0 Å². The van der Waals surface area contributed by atoms with Gasteiger partial charge >= 0.3 is 6.18 Å². The minimum absolute atomic E-state index is 0.0913. The second-order valence-corrected chi connectivity index (χ2v) is 7.15. The van der Waals surface area contributed by atoms with Crippen molar-refractivity contribution in [3.8, 4) is 0 Å². The van der Waals surface area contributed by atoms with Crippen molar-refractivity contribution >= 4 is 16.7 Å². The van der Waals surface area contributed by atoms with E-state index in [1.807, 2.05) is 0 Å². The van der Waals surface area contributed by atoms with E-state index in [-0.39, 0.29) is 29.3 Å². The Kier molecular flexibility index (Phi) is 4.98. The third kappa shape index (κ3) is 3.97. The Morgan fingerprint density at radius 2 is 2.00 bits per heavy atom. The van der Waals surface area contributed by atoms with Gasteiger partial charge in [-0.3, -0.25) is 9.59 Å². The lowest BCUT2D eigenvalue weighted by atomic mass is 9.89. The number of benzene rings is 1. The molecule has 1 aliphatic carbocycles. The normalized spacial score (nSPS) is 20.0. The van der Waals surface area contributed by atoms with E-state index >= 15 is 0 Å². The van der Waals surface area contributed by atoms with E-state index in [4.69, 9.17) is 0 Å². The summed E-state index contributed by atoms with van der Waals surface area (Å²) < 4.78 is 40.0. The molecule has 1 aromatic heterocycles. The summed E-state index contributed by atoms with van der Waals surface area (Å²) in [4.78, 5) is 24.8. The molecule has 1 amide bonds. The van der Waals surface area contributed by atoms with Crippen molar-refractivity contribution < 1.29 is 23.1 Å². The maximum absolute atomic E-state index is 13.0. The van der Waals surface area contributed by atoms with Gasteiger partial charge in [-0.25, -0.2) is 4.68 Å². The molecule has 0 bridgehead atoms. The fraction of sp³-hybridized carbons (Fsp3) is 0.500. The van der Waals surface area contributed by atoms with E-state index in [9.17, 15) is 27.9 Å². The lowest BCUT2D eigenvalue weighted by molar-refractivity contribution is -0.137. The number of alkyl halides is 3. The highest BCUT2D eigenvalue weighted by Gasteiger charge is 2.31. The van der Waals surface area contributed by atoms with Crippen LogP contribution in [-0.2, 0) is 17.5 Å². The molecule has 0 radical (unpaired) electrons. The number of aromatic nitrogens is 2. The highest BCUT2D eigenvalue weighted by Crippen LogP contribution is 2.32. The number of carbonyl (C=O) groups excluding carboxylic acids is 1. The SMILES string of the molecule is CC(C)c1nn(CC(=O)N[C@H]2C[C@@H](O)C2)c(=O)c2ccc(C(F)(F)F)cc12. The number of aliphatic hydroxyl groups is 1. The first-order chi connectivity index (χ1) is 12.6. The number of aliphatic hydroxyl groups excluding tert-OH is 1. The Labute approximate surface area is 153 Å². The predicted octanol–water partition coefficient (Wildman–Crippen LogP) is 2.18. The van der Waals surface area contributed by atoms with E-state index in [2.05, 4.69) is 10.4 Å². The topological polar surface area (TPSA) is 84.2 Å². The molecule has 1 aliphatic rings. The fourth-order valence-electron chi connectivity index (χ4n) is 3.14. The summed E-state index contributed by atoms with van der Waals surface area (Å²) in [5, 5.41) is 16.4.